The highest BCUT2D eigenvalue weighted by molar-refractivity contribution is 5.76. The first kappa shape index (κ1) is 22.8. The zero-order chi connectivity index (χ0) is 22.2. The lowest BCUT2D eigenvalue weighted by atomic mass is 9.96. The van der Waals surface area contributed by atoms with Gasteiger partial charge in [-0.15, -0.1) is 0 Å². The van der Waals surface area contributed by atoms with Gasteiger partial charge in [0.15, 0.2) is 0 Å². The molecule has 2 aromatic rings. The van der Waals surface area contributed by atoms with E-state index >= 15 is 0 Å². The third-order valence-electron chi connectivity index (χ3n) is 6.06. The Morgan fingerprint density at radius 2 is 1.84 bits per heavy atom. The van der Waals surface area contributed by atoms with Crippen LogP contribution in [0.1, 0.15) is 61.9 Å². The number of hydrogen-bond acceptors (Lipinski definition) is 3. The zero-order valence-corrected chi connectivity index (χ0v) is 19.0. The molecule has 3 rings (SSSR count). The number of amides is 3. The van der Waals surface area contributed by atoms with Gasteiger partial charge in [-0.1, -0.05) is 37.5 Å². The summed E-state index contributed by atoms with van der Waals surface area (Å²) in [7, 11) is 1.82. The Labute approximate surface area is 185 Å². The van der Waals surface area contributed by atoms with Crippen molar-refractivity contribution in [3.8, 4) is 5.69 Å². The first-order valence-corrected chi connectivity index (χ1v) is 11.3. The van der Waals surface area contributed by atoms with E-state index < -0.39 is 0 Å². The summed E-state index contributed by atoms with van der Waals surface area (Å²) in [6.45, 7) is 5.05. The largest absolute Gasteiger partial charge is 0.341 e. The van der Waals surface area contributed by atoms with E-state index in [1.165, 1.54) is 19.3 Å². The normalized spacial score (nSPS) is 14.3. The molecule has 1 aromatic heterocycles. The standard InChI is InChI=1S/C24H35N5O2/c1-18-22(19(2)29(27-18)21-13-8-5-9-14-21)17-28(3)23(30)15-10-16-25-24(31)26-20-11-6-4-7-12-20/h5,8-9,13-14,20H,4,6-7,10-12,15-17H2,1-3H3,(H2,25,26,31). The van der Waals surface area contributed by atoms with Crippen LogP contribution in [0.4, 0.5) is 4.79 Å². The molecule has 0 atom stereocenters. The van der Waals surface area contributed by atoms with E-state index in [-0.39, 0.29) is 11.9 Å². The second-order valence-electron chi connectivity index (χ2n) is 8.49. The minimum atomic E-state index is -0.118. The number of nitrogens with one attached hydrogen (secondary N) is 2. The number of rotatable bonds is 8. The van der Waals surface area contributed by atoms with Crippen LogP contribution in [0.15, 0.2) is 30.3 Å². The van der Waals surface area contributed by atoms with Crippen LogP contribution in [0.25, 0.3) is 5.69 Å². The van der Waals surface area contributed by atoms with Gasteiger partial charge in [0.1, 0.15) is 0 Å². The molecule has 1 heterocycles. The van der Waals surface area contributed by atoms with E-state index in [9.17, 15) is 9.59 Å². The molecule has 0 radical (unpaired) electrons. The lowest BCUT2D eigenvalue weighted by molar-refractivity contribution is -0.130. The minimum absolute atomic E-state index is 0.0701. The molecule has 31 heavy (non-hydrogen) atoms. The molecule has 0 saturated heterocycles. The predicted molar refractivity (Wildman–Crippen MR) is 122 cm³/mol. The maximum absolute atomic E-state index is 12.6. The van der Waals surface area contributed by atoms with Crippen molar-refractivity contribution in [1.29, 1.82) is 0 Å². The monoisotopic (exact) mass is 425 g/mol. The lowest BCUT2D eigenvalue weighted by Crippen LogP contribution is -2.43. The van der Waals surface area contributed by atoms with E-state index in [2.05, 4.69) is 15.7 Å². The van der Waals surface area contributed by atoms with Gasteiger partial charge in [0.05, 0.1) is 11.4 Å². The molecule has 7 heteroatoms. The Kier molecular flexibility index (Phi) is 8.09. The van der Waals surface area contributed by atoms with Crippen molar-refractivity contribution in [2.24, 2.45) is 0 Å². The number of carbonyl (C=O) groups excluding carboxylic acids is 2. The van der Waals surface area contributed by atoms with Crippen LogP contribution >= 0.6 is 0 Å². The number of aryl methyl sites for hydroxylation is 1. The second-order valence-corrected chi connectivity index (χ2v) is 8.49. The predicted octanol–water partition coefficient (Wildman–Crippen LogP) is 3.86. The molecule has 0 bridgehead atoms. The van der Waals surface area contributed by atoms with E-state index in [1.54, 1.807) is 4.90 Å². The Hall–Kier alpha value is -2.83. The first-order chi connectivity index (χ1) is 15.0. The van der Waals surface area contributed by atoms with E-state index in [0.29, 0.717) is 32.0 Å². The Morgan fingerprint density at radius 3 is 2.55 bits per heavy atom. The molecule has 1 aromatic carbocycles. The second kappa shape index (κ2) is 11.0. The van der Waals surface area contributed by atoms with Gasteiger partial charge in [-0.25, -0.2) is 9.48 Å². The molecule has 1 saturated carbocycles. The van der Waals surface area contributed by atoms with Crippen LogP contribution in [0.2, 0.25) is 0 Å². The molecule has 0 aliphatic heterocycles. The number of hydrogen-bond donors (Lipinski definition) is 2. The quantitative estimate of drug-likeness (QED) is 0.631. The van der Waals surface area contributed by atoms with Crippen molar-refractivity contribution in [2.45, 2.75) is 71.4 Å². The minimum Gasteiger partial charge on any atom is -0.341 e. The van der Waals surface area contributed by atoms with Crippen LogP contribution in [0.5, 0.6) is 0 Å². The highest BCUT2D eigenvalue weighted by Crippen LogP contribution is 2.20. The molecular formula is C24H35N5O2. The van der Waals surface area contributed by atoms with Gasteiger partial charge in [-0.3, -0.25) is 4.79 Å². The Bertz CT molecular complexity index is 872. The molecular weight excluding hydrogens is 390 g/mol. The van der Waals surface area contributed by atoms with Gasteiger partial charge >= 0.3 is 6.03 Å². The van der Waals surface area contributed by atoms with Crippen molar-refractivity contribution in [3.05, 3.63) is 47.3 Å². The SMILES string of the molecule is Cc1nn(-c2ccccc2)c(C)c1CN(C)C(=O)CCCNC(=O)NC1CCCCC1. The van der Waals surface area contributed by atoms with Crippen molar-refractivity contribution >= 4 is 11.9 Å². The third kappa shape index (κ3) is 6.32. The summed E-state index contributed by atoms with van der Waals surface area (Å²) in [6.07, 6.45) is 6.81. The van der Waals surface area contributed by atoms with Crippen LogP contribution < -0.4 is 10.6 Å². The Morgan fingerprint density at radius 1 is 1.13 bits per heavy atom. The zero-order valence-electron chi connectivity index (χ0n) is 19.0. The molecule has 1 aliphatic carbocycles. The molecule has 2 N–H and O–H groups in total. The summed E-state index contributed by atoms with van der Waals surface area (Å²) in [5, 5.41) is 10.6. The van der Waals surface area contributed by atoms with E-state index in [4.69, 9.17) is 0 Å². The fourth-order valence-electron chi connectivity index (χ4n) is 4.17. The Balaban J connectivity index is 1.43. The number of aromatic nitrogens is 2. The lowest BCUT2D eigenvalue weighted by Gasteiger charge is -2.23. The smallest absolute Gasteiger partial charge is 0.315 e. The van der Waals surface area contributed by atoms with Crippen molar-refractivity contribution in [1.82, 2.24) is 25.3 Å². The summed E-state index contributed by atoms with van der Waals surface area (Å²) in [6, 6.07) is 10.2. The molecule has 1 fully saturated rings. The van der Waals surface area contributed by atoms with Gasteiger partial charge in [-0.05, 0) is 45.2 Å². The van der Waals surface area contributed by atoms with Crippen LogP contribution in [-0.4, -0.2) is 46.3 Å². The van der Waals surface area contributed by atoms with Crippen molar-refractivity contribution in [2.75, 3.05) is 13.6 Å². The molecule has 0 spiro atoms. The number of para-hydroxylation sites is 1. The maximum atomic E-state index is 12.6. The highest BCUT2D eigenvalue weighted by atomic mass is 16.2. The van der Waals surface area contributed by atoms with Gasteiger partial charge in [0.2, 0.25) is 5.91 Å². The third-order valence-corrected chi connectivity index (χ3v) is 6.06. The average molecular weight is 426 g/mol. The van der Waals surface area contributed by atoms with Crippen molar-refractivity contribution < 1.29 is 9.59 Å². The number of benzene rings is 1. The van der Waals surface area contributed by atoms with Gasteiger partial charge in [-0.2, -0.15) is 5.10 Å². The summed E-state index contributed by atoms with van der Waals surface area (Å²) < 4.78 is 1.93. The van der Waals surface area contributed by atoms with Gasteiger partial charge < -0.3 is 15.5 Å². The maximum Gasteiger partial charge on any atom is 0.315 e. The number of nitrogens with zero attached hydrogens (tertiary/aromatic N) is 3. The molecule has 7 nitrogen and oxygen atoms in total. The summed E-state index contributed by atoms with van der Waals surface area (Å²) in [4.78, 5) is 26.3. The average Bonchev–Trinajstić information content (AvgIpc) is 3.06. The topological polar surface area (TPSA) is 79.3 Å². The van der Waals surface area contributed by atoms with Crippen LogP contribution in [0.3, 0.4) is 0 Å². The summed E-state index contributed by atoms with van der Waals surface area (Å²) in [5.74, 6) is 0.0701. The van der Waals surface area contributed by atoms with E-state index in [1.807, 2.05) is 55.9 Å². The summed E-state index contributed by atoms with van der Waals surface area (Å²) in [5.41, 5.74) is 4.07. The molecule has 0 unspecified atom stereocenters. The molecule has 168 valence electrons. The number of carbonyl (C=O) groups is 2. The molecule has 1 aliphatic rings. The van der Waals surface area contributed by atoms with Crippen LogP contribution in [-0.2, 0) is 11.3 Å². The van der Waals surface area contributed by atoms with Gasteiger partial charge in [0, 0.05) is 43.9 Å². The fraction of sp³-hybridized carbons (Fsp3) is 0.542. The van der Waals surface area contributed by atoms with Gasteiger partial charge in [0.25, 0.3) is 0 Å². The number of urea groups is 1. The van der Waals surface area contributed by atoms with Crippen molar-refractivity contribution in [3.63, 3.8) is 0 Å². The first-order valence-electron chi connectivity index (χ1n) is 11.3. The van der Waals surface area contributed by atoms with E-state index in [0.717, 1.165) is 35.5 Å². The molecule has 3 amide bonds. The summed E-state index contributed by atoms with van der Waals surface area (Å²) >= 11 is 0. The fourth-order valence-corrected chi connectivity index (χ4v) is 4.17. The van der Waals surface area contributed by atoms with Crippen LogP contribution in [0, 0.1) is 13.8 Å². The highest BCUT2D eigenvalue weighted by Gasteiger charge is 2.18.